The molecule has 0 radical (unpaired) electrons. The molecule has 6 heteroatoms. The van der Waals surface area contributed by atoms with Crippen molar-refractivity contribution in [1.82, 2.24) is 9.97 Å². The van der Waals surface area contributed by atoms with Gasteiger partial charge in [-0.3, -0.25) is 14.8 Å². The predicted octanol–water partition coefficient (Wildman–Crippen LogP) is 4.88. The van der Waals surface area contributed by atoms with E-state index in [2.05, 4.69) is 15.3 Å². The number of amides is 1. The average molecular weight is 377 g/mol. The number of nitrogens with zero attached hydrogens (tertiary/aromatic N) is 3. The number of carbonyl (C=O) groups excluding carboxylic acids is 1. The summed E-state index contributed by atoms with van der Waals surface area (Å²) >= 11 is 6.25. The standard InChI is InChI=1S/C21H17ClN4O/c1-12-6-18-19(8-16(12)22)25-17(9-21(27)26-18)14-4-3-5-15(7-14)20-11-23-10-13(2)24-20/h3-8,10-11H,9H2,1-2H3,(H,26,27). The maximum absolute atomic E-state index is 12.4. The first-order valence-electron chi connectivity index (χ1n) is 8.56. The Kier molecular flexibility index (Phi) is 4.46. The van der Waals surface area contributed by atoms with Gasteiger partial charge in [0.1, 0.15) is 0 Å². The second-order valence-corrected chi connectivity index (χ2v) is 6.94. The lowest BCUT2D eigenvalue weighted by atomic mass is 10.0. The maximum atomic E-state index is 12.4. The van der Waals surface area contributed by atoms with Gasteiger partial charge in [-0.25, -0.2) is 4.98 Å². The Hall–Kier alpha value is -3.05. The molecule has 0 saturated carbocycles. The second-order valence-electron chi connectivity index (χ2n) is 6.53. The molecule has 0 spiro atoms. The lowest BCUT2D eigenvalue weighted by Gasteiger charge is -2.07. The van der Waals surface area contributed by atoms with Gasteiger partial charge in [0.05, 0.1) is 41.1 Å². The quantitative estimate of drug-likeness (QED) is 0.693. The molecule has 1 amide bonds. The molecule has 134 valence electrons. The van der Waals surface area contributed by atoms with Crippen molar-refractivity contribution in [2.45, 2.75) is 20.3 Å². The third kappa shape index (κ3) is 3.59. The number of aliphatic imine (C=N–C) groups is 1. The fourth-order valence-corrected chi connectivity index (χ4v) is 3.18. The molecular weight excluding hydrogens is 360 g/mol. The molecule has 3 aromatic rings. The Morgan fingerprint density at radius 2 is 1.89 bits per heavy atom. The first-order chi connectivity index (χ1) is 13.0. The van der Waals surface area contributed by atoms with Crippen LogP contribution in [0.5, 0.6) is 0 Å². The zero-order chi connectivity index (χ0) is 19.0. The van der Waals surface area contributed by atoms with Crippen LogP contribution in [0.4, 0.5) is 11.4 Å². The molecule has 0 saturated heterocycles. The van der Waals surface area contributed by atoms with Gasteiger partial charge in [0, 0.05) is 16.8 Å². The molecule has 0 atom stereocenters. The van der Waals surface area contributed by atoms with Gasteiger partial charge in [-0.2, -0.15) is 0 Å². The molecule has 1 aliphatic rings. The zero-order valence-electron chi connectivity index (χ0n) is 15.0. The van der Waals surface area contributed by atoms with Crippen molar-refractivity contribution in [1.29, 1.82) is 0 Å². The summed E-state index contributed by atoms with van der Waals surface area (Å²) in [4.78, 5) is 25.8. The van der Waals surface area contributed by atoms with Crippen LogP contribution in [0.1, 0.15) is 23.2 Å². The third-order valence-corrected chi connectivity index (χ3v) is 4.79. The number of benzene rings is 2. The van der Waals surface area contributed by atoms with E-state index in [0.29, 0.717) is 22.1 Å². The summed E-state index contributed by atoms with van der Waals surface area (Å²) in [5.74, 6) is -0.102. The number of hydrogen-bond donors (Lipinski definition) is 1. The molecule has 0 unspecified atom stereocenters. The van der Waals surface area contributed by atoms with Gasteiger partial charge in [0.15, 0.2) is 0 Å². The van der Waals surface area contributed by atoms with Gasteiger partial charge in [-0.05, 0) is 43.2 Å². The maximum Gasteiger partial charge on any atom is 0.230 e. The van der Waals surface area contributed by atoms with Crippen molar-refractivity contribution in [3.63, 3.8) is 0 Å². The molecule has 2 heterocycles. The number of aryl methyl sites for hydroxylation is 2. The topological polar surface area (TPSA) is 67.2 Å². The number of carbonyl (C=O) groups is 1. The lowest BCUT2D eigenvalue weighted by molar-refractivity contribution is -0.115. The molecule has 1 aromatic heterocycles. The van der Waals surface area contributed by atoms with Crippen LogP contribution in [0.15, 0.2) is 53.8 Å². The Morgan fingerprint density at radius 1 is 1.07 bits per heavy atom. The molecule has 27 heavy (non-hydrogen) atoms. The lowest BCUT2D eigenvalue weighted by Crippen LogP contribution is -2.15. The smallest absolute Gasteiger partial charge is 0.230 e. The summed E-state index contributed by atoms with van der Waals surface area (Å²) < 4.78 is 0. The van der Waals surface area contributed by atoms with Crippen LogP contribution in [0, 0.1) is 13.8 Å². The number of fused-ring (bicyclic) bond motifs is 1. The SMILES string of the molecule is Cc1cncc(-c2cccc(C3=Nc4cc(Cl)c(C)cc4NC(=O)C3)c2)n1. The van der Waals surface area contributed by atoms with Crippen LogP contribution < -0.4 is 5.32 Å². The number of rotatable bonds is 2. The fourth-order valence-electron chi connectivity index (χ4n) is 3.02. The highest BCUT2D eigenvalue weighted by Crippen LogP contribution is 2.34. The van der Waals surface area contributed by atoms with Crippen molar-refractivity contribution in [3.05, 3.63) is 70.6 Å². The summed E-state index contributed by atoms with van der Waals surface area (Å²) in [5.41, 5.74) is 6.36. The first kappa shape index (κ1) is 17.4. The Bertz CT molecular complexity index is 1090. The van der Waals surface area contributed by atoms with Crippen LogP contribution in [0.2, 0.25) is 5.02 Å². The highest BCUT2D eigenvalue weighted by molar-refractivity contribution is 6.32. The van der Waals surface area contributed by atoms with Gasteiger partial charge in [-0.1, -0.05) is 29.8 Å². The normalized spacial score (nSPS) is 13.4. The van der Waals surface area contributed by atoms with Gasteiger partial charge in [0.25, 0.3) is 0 Å². The van der Waals surface area contributed by atoms with Crippen LogP contribution in [-0.2, 0) is 4.79 Å². The van der Waals surface area contributed by atoms with E-state index in [1.165, 1.54) is 0 Å². The van der Waals surface area contributed by atoms with Crippen molar-refractivity contribution in [2.24, 2.45) is 4.99 Å². The van der Waals surface area contributed by atoms with E-state index < -0.39 is 0 Å². The minimum absolute atomic E-state index is 0.102. The summed E-state index contributed by atoms with van der Waals surface area (Å²) in [7, 11) is 0. The molecule has 1 N–H and O–H groups in total. The van der Waals surface area contributed by atoms with Crippen molar-refractivity contribution in [2.75, 3.05) is 5.32 Å². The summed E-state index contributed by atoms with van der Waals surface area (Å²) in [6, 6.07) is 11.5. The minimum atomic E-state index is -0.102. The molecular formula is C21H17ClN4O. The Balaban J connectivity index is 1.80. The molecule has 0 aliphatic carbocycles. The highest BCUT2D eigenvalue weighted by Gasteiger charge is 2.18. The monoisotopic (exact) mass is 376 g/mol. The van der Waals surface area contributed by atoms with Gasteiger partial charge in [0.2, 0.25) is 5.91 Å². The van der Waals surface area contributed by atoms with E-state index >= 15 is 0 Å². The predicted molar refractivity (Wildman–Crippen MR) is 108 cm³/mol. The zero-order valence-corrected chi connectivity index (χ0v) is 15.7. The number of aromatic nitrogens is 2. The number of halogens is 1. The number of hydrogen-bond acceptors (Lipinski definition) is 4. The summed E-state index contributed by atoms with van der Waals surface area (Å²) in [5, 5.41) is 3.53. The molecule has 1 aliphatic heterocycles. The van der Waals surface area contributed by atoms with Gasteiger partial charge >= 0.3 is 0 Å². The second kappa shape index (κ2) is 6.93. The van der Waals surface area contributed by atoms with E-state index in [4.69, 9.17) is 16.6 Å². The molecule has 5 nitrogen and oxygen atoms in total. The molecule has 0 fully saturated rings. The van der Waals surface area contributed by atoms with Gasteiger partial charge in [-0.15, -0.1) is 0 Å². The third-order valence-electron chi connectivity index (χ3n) is 4.38. The van der Waals surface area contributed by atoms with E-state index in [0.717, 1.165) is 28.1 Å². The van der Waals surface area contributed by atoms with Crippen LogP contribution in [-0.4, -0.2) is 21.6 Å². The fraction of sp³-hybridized carbons (Fsp3) is 0.143. The van der Waals surface area contributed by atoms with Crippen LogP contribution >= 0.6 is 11.6 Å². The Morgan fingerprint density at radius 3 is 2.70 bits per heavy atom. The molecule has 4 rings (SSSR count). The van der Waals surface area contributed by atoms with Crippen LogP contribution in [0.25, 0.3) is 11.3 Å². The van der Waals surface area contributed by atoms with Crippen LogP contribution in [0.3, 0.4) is 0 Å². The largest absolute Gasteiger partial charge is 0.324 e. The first-order valence-corrected chi connectivity index (χ1v) is 8.94. The minimum Gasteiger partial charge on any atom is -0.324 e. The van der Waals surface area contributed by atoms with E-state index in [1.54, 1.807) is 18.5 Å². The summed E-state index contributed by atoms with van der Waals surface area (Å²) in [6.07, 6.45) is 3.63. The van der Waals surface area contributed by atoms with E-state index in [9.17, 15) is 4.79 Å². The van der Waals surface area contributed by atoms with Gasteiger partial charge < -0.3 is 5.32 Å². The van der Waals surface area contributed by atoms with E-state index in [1.807, 2.05) is 44.2 Å². The number of nitrogens with one attached hydrogen (secondary N) is 1. The molecule has 0 bridgehead atoms. The van der Waals surface area contributed by atoms with E-state index in [-0.39, 0.29) is 12.3 Å². The average Bonchev–Trinajstić information content (AvgIpc) is 2.80. The Labute approximate surface area is 162 Å². The molecule has 2 aromatic carbocycles. The highest BCUT2D eigenvalue weighted by atomic mass is 35.5. The number of anilines is 1. The van der Waals surface area contributed by atoms with Crippen molar-refractivity contribution in [3.8, 4) is 11.3 Å². The van der Waals surface area contributed by atoms with Crippen molar-refractivity contribution >= 4 is 34.6 Å². The summed E-state index contributed by atoms with van der Waals surface area (Å²) in [6.45, 7) is 3.80. The van der Waals surface area contributed by atoms with Crippen molar-refractivity contribution < 1.29 is 4.79 Å².